The van der Waals surface area contributed by atoms with Crippen LogP contribution in [0.2, 0.25) is 0 Å². The van der Waals surface area contributed by atoms with E-state index in [1.165, 1.54) is 30.3 Å². The highest BCUT2D eigenvalue weighted by atomic mass is 32.2. The zero-order chi connectivity index (χ0) is 25.3. The summed E-state index contributed by atoms with van der Waals surface area (Å²) in [4.78, 5) is 18.1. The molecule has 4 aromatic rings. The summed E-state index contributed by atoms with van der Waals surface area (Å²) in [6.07, 6.45) is -3.93. The van der Waals surface area contributed by atoms with Crippen molar-refractivity contribution in [3.8, 4) is 23.4 Å². The van der Waals surface area contributed by atoms with Gasteiger partial charge in [0.05, 0.1) is 27.6 Å². The number of halogens is 3. The van der Waals surface area contributed by atoms with E-state index < -0.39 is 27.9 Å². The van der Waals surface area contributed by atoms with Gasteiger partial charge in [0.15, 0.2) is 5.75 Å². The Morgan fingerprint density at radius 1 is 1.17 bits per heavy atom. The number of alkyl halides is 3. The number of imidazole rings is 1. The Morgan fingerprint density at radius 3 is 2.57 bits per heavy atom. The summed E-state index contributed by atoms with van der Waals surface area (Å²) < 4.78 is 63.1. The number of hydrogen-bond donors (Lipinski definition) is 0. The summed E-state index contributed by atoms with van der Waals surface area (Å²) in [5.74, 6) is -0.330. The van der Waals surface area contributed by atoms with E-state index in [1.807, 2.05) is 0 Å². The molecule has 2 heterocycles. The Bertz CT molecular complexity index is 1510. The number of non-ortho nitro benzene ring substituents is 1. The normalized spacial score (nSPS) is 12.2. The van der Waals surface area contributed by atoms with Crippen LogP contribution in [0.5, 0.6) is 17.4 Å². The van der Waals surface area contributed by atoms with Crippen LogP contribution in [0.3, 0.4) is 0 Å². The fourth-order valence-electron chi connectivity index (χ4n) is 2.95. The zero-order valence-electron chi connectivity index (χ0n) is 17.5. The van der Waals surface area contributed by atoms with E-state index in [0.717, 1.165) is 22.2 Å². The Balaban J connectivity index is 1.67. The summed E-state index contributed by atoms with van der Waals surface area (Å²) in [5, 5.41) is 20.5. The Morgan fingerprint density at radius 2 is 1.94 bits per heavy atom. The largest absolute Gasteiger partial charge is 0.439 e. The van der Waals surface area contributed by atoms with E-state index in [-0.39, 0.29) is 39.9 Å². The summed E-state index contributed by atoms with van der Waals surface area (Å²) in [6.45, 7) is 1.59. The molecule has 14 heteroatoms. The molecule has 1 atom stereocenters. The van der Waals surface area contributed by atoms with Crippen LogP contribution in [0.25, 0.3) is 11.0 Å². The van der Waals surface area contributed by atoms with Crippen molar-refractivity contribution in [2.75, 3.05) is 0 Å². The first-order chi connectivity index (χ1) is 16.6. The monoisotopic (exact) mass is 503 g/mol. The van der Waals surface area contributed by atoms with Gasteiger partial charge in [-0.15, -0.1) is 0 Å². The highest BCUT2D eigenvalue weighted by molar-refractivity contribution is 7.79. The van der Waals surface area contributed by atoms with E-state index in [1.54, 1.807) is 13.0 Å². The molecule has 1 unspecified atom stereocenters. The van der Waals surface area contributed by atoms with Gasteiger partial charge in [0.1, 0.15) is 11.8 Å². The molecule has 0 fully saturated rings. The number of benzene rings is 2. The number of nitro groups is 1. The number of aryl methyl sites for hydroxylation is 1. The fourth-order valence-corrected chi connectivity index (χ4v) is 3.89. The third-order valence-electron chi connectivity index (χ3n) is 4.66. The van der Waals surface area contributed by atoms with Crippen LogP contribution in [0.15, 0.2) is 54.7 Å². The number of pyridine rings is 1. The molecular formula is C21H12F3N5O5S. The lowest BCUT2D eigenvalue weighted by atomic mass is 10.2. The minimum atomic E-state index is -4.55. The number of ether oxygens (including phenoxy) is 1. The summed E-state index contributed by atoms with van der Waals surface area (Å²) in [7, 11) is 0. The van der Waals surface area contributed by atoms with E-state index in [0.29, 0.717) is 11.8 Å². The molecule has 0 N–H and O–H groups in total. The Kier molecular flexibility index (Phi) is 6.10. The smallest absolute Gasteiger partial charge is 0.417 e. The third-order valence-corrected chi connectivity index (χ3v) is 5.65. The first kappa shape index (κ1) is 23.6. The average Bonchev–Trinajstić information content (AvgIpc) is 3.18. The second-order valence-corrected chi connectivity index (χ2v) is 7.95. The summed E-state index contributed by atoms with van der Waals surface area (Å²) in [5.41, 5.74) is -0.363. The maximum atomic E-state index is 13.0. The lowest BCUT2D eigenvalue weighted by Crippen LogP contribution is -2.13. The van der Waals surface area contributed by atoms with E-state index in [2.05, 4.69) is 9.97 Å². The average molecular weight is 503 g/mol. The van der Waals surface area contributed by atoms with Gasteiger partial charge in [-0.25, -0.2) is 9.97 Å². The number of nitriles is 1. The minimum Gasteiger partial charge on any atom is -0.439 e. The predicted molar refractivity (Wildman–Crippen MR) is 116 cm³/mol. The summed E-state index contributed by atoms with van der Waals surface area (Å²) in [6, 6.07) is 11.7. The molecule has 4 rings (SSSR count). The van der Waals surface area contributed by atoms with Crippen molar-refractivity contribution in [3.05, 3.63) is 81.8 Å². The lowest BCUT2D eigenvalue weighted by molar-refractivity contribution is -0.384. The molecule has 0 aliphatic rings. The predicted octanol–water partition coefficient (Wildman–Crippen LogP) is 4.84. The van der Waals surface area contributed by atoms with Crippen LogP contribution >= 0.6 is 0 Å². The van der Waals surface area contributed by atoms with Crippen molar-refractivity contribution in [1.29, 1.82) is 5.26 Å². The first-order valence-electron chi connectivity index (χ1n) is 9.56. The van der Waals surface area contributed by atoms with E-state index >= 15 is 0 Å². The van der Waals surface area contributed by atoms with Gasteiger partial charge in [-0.3, -0.25) is 10.1 Å². The van der Waals surface area contributed by atoms with Crippen LogP contribution in [0.1, 0.15) is 17.0 Å². The van der Waals surface area contributed by atoms with Gasteiger partial charge in [0.25, 0.3) is 5.69 Å². The van der Waals surface area contributed by atoms with Gasteiger partial charge in [0, 0.05) is 24.4 Å². The molecule has 0 saturated heterocycles. The number of nitro benzene ring substituents is 1. The molecule has 0 amide bonds. The number of aromatic nitrogens is 3. The zero-order valence-corrected chi connectivity index (χ0v) is 18.3. The molecule has 0 saturated carbocycles. The highest BCUT2D eigenvalue weighted by Gasteiger charge is 2.30. The van der Waals surface area contributed by atoms with Gasteiger partial charge in [0.2, 0.25) is 11.7 Å². The number of rotatable bonds is 6. The molecule has 0 bridgehead atoms. The van der Waals surface area contributed by atoms with Gasteiger partial charge in [-0.2, -0.15) is 26.6 Å². The molecule has 0 aliphatic heterocycles. The van der Waals surface area contributed by atoms with Gasteiger partial charge < -0.3 is 8.92 Å². The fraction of sp³-hybridized carbons (Fsp3) is 0.0952. The maximum absolute atomic E-state index is 13.0. The molecule has 0 spiro atoms. The number of nitrogens with zero attached hydrogens (tertiary/aromatic N) is 5. The second kappa shape index (κ2) is 9.03. The van der Waals surface area contributed by atoms with Crippen molar-refractivity contribution < 1.29 is 31.2 Å². The standard InChI is InChI=1S/C21H12F3N5O5S/c1-12-2-4-14(29(30)31)8-18(12)34-35(32)28-17-9-15(5-6-16(17)27-19(28)10-25)33-20-7-3-13(11-26-20)21(22,23)24/h2-9,11H,1H3. The van der Waals surface area contributed by atoms with Gasteiger partial charge >= 0.3 is 17.4 Å². The Hall–Kier alpha value is -4.51. The highest BCUT2D eigenvalue weighted by Crippen LogP contribution is 2.31. The van der Waals surface area contributed by atoms with Crippen molar-refractivity contribution in [2.45, 2.75) is 13.1 Å². The molecule has 2 aromatic heterocycles. The molecular weight excluding hydrogens is 491 g/mol. The van der Waals surface area contributed by atoms with Crippen LogP contribution in [0, 0.1) is 28.4 Å². The van der Waals surface area contributed by atoms with Crippen molar-refractivity contribution in [2.24, 2.45) is 0 Å². The van der Waals surface area contributed by atoms with Crippen LogP contribution < -0.4 is 8.92 Å². The van der Waals surface area contributed by atoms with Crippen molar-refractivity contribution in [3.63, 3.8) is 0 Å². The molecule has 0 radical (unpaired) electrons. The molecule has 2 aromatic carbocycles. The first-order valence-corrected chi connectivity index (χ1v) is 10.6. The SMILES string of the molecule is Cc1ccc([N+](=O)[O-])cc1OS(=O)n1c(C#N)nc2ccc(Oc3ccc(C(F)(F)F)cn3)cc21. The number of fused-ring (bicyclic) bond motifs is 1. The van der Waals surface area contributed by atoms with Crippen LogP contribution in [-0.2, 0) is 17.4 Å². The Labute approximate surface area is 197 Å². The quantitative estimate of drug-likeness (QED) is 0.270. The number of hydrogen-bond acceptors (Lipinski definition) is 8. The second-order valence-electron chi connectivity index (χ2n) is 6.98. The maximum Gasteiger partial charge on any atom is 0.417 e. The molecule has 10 nitrogen and oxygen atoms in total. The van der Waals surface area contributed by atoms with Gasteiger partial charge in [-0.1, -0.05) is 0 Å². The van der Waals surface area contributed by atoms with Crippen LogP contribution in [0.4, 0.5) is 18.9 Å². The van der Waals surface area contributed by atoms with Crippen LogP contribution in [-0.4, -0.2) is 23.1 Å². The van der Waals surface area contributed by atoms with Crippen molar-refractivity contribution in [1.82, 2.24) is 13.9 Å². The molecule has 35 heavy (non-hydrogen) atoms. The summed E-state index contributed by atoms with van der Waals surface area (Å²) >= 11 is -2.38. The molecule has 0 aliphatic carbocycles. The lowest BCUT2D eigenvalue weighted by Gasteiger charge is -2.10. The van der Waals surface area contributed by atoms with E-state index in [9.17, 15) is 32.8 Å². The third kappa shape index (κ3) is 4.89. The minimum absolute atomic E-state index is 0.0374. The topological polar surface area (TPSA) is 133 Å². The van der Waals surface area contributed by atoms with Gasteiger partial charge in [-0.05, 0) is 36.8 Å². The molecule has 178 valence electrons. The van der Waals surface area contributed by atoms with E-state index in [4.69, 9.17) is 8.92 Å². The van der Waals surface area contributed by atoms with Crippen molar-refractivity contribution >= 4 is 28.0 Å².